The molecule has 1 fully saturated rings. The van der Waals surface area contributed by atoms with Gasteiger partial charge in [0, 0.05) is 17.3 Å². The lowest BCUT2D eigenvalue weighted by molar-refractivity contribution is -0.132. The Hall–Kier alpha value is -4.40. The molecule has 3 aromatic rings. The number of anilines is 1. The number of rotatable bonds is 9. The fraction of sp³-hybridized carbons (Fsp3) is 0.241. The largest absolute Gasteiger partial charge is 0.507 e. The number of aliphatic hydroxyl groups is 1. The number of Topliss-reactive ketones (excluding diaryl/α,β-unsaturated/α-hetero) is 1. The first-order valence-corrected chi connectivity index (χ1v) is 12.1. The second kappa shape index (κ2) is 11.3. The molecule has 9 heteroatoms. The topological polar surface area (TPSA) is 85.3 Å². The number of carbonyl (C=O) groups excluding carboxylic acids is 2. The number of ether oxygens (including phenoxy) is 3. The average molecular weight is 524 g/mol. The third-order valence-corrected chi connectivity index (χ3v) is 6.01. The molecule has 1 N–H and O–H groups in total. The van der Waals surface area contributed by atoms with Gasteiger partial charge in [-0.25, -0.2) is 8.78 Å². The van der Waals surface area contributed by atoms with Crippen molar-refractivity contribution in [1.29, 1.82) is 0 Å². The molecule has 1 aliphatic rings. The smallest absolute Gasteiger partial charge is 0.300 e. The first-order chi connectivity index (χ1) is 18.3. The third kappa shape index (κ3) is 5.04. The van der Waals surface area contributed by atoms with Crippen LogP contribution in [0, 0.1) is 11.6 Å². The van der Waals surface area contributed by atoms with Gasteiger partial charge in [0.05, 0.1) is 31.9 Å². The monoisotopic (exact) mass is 523 g/mol. The molecule has 1 atom stereocenters. The van der Waals surface area contributed by atoms with E-state index in [9.17, 15) is 23.5 Å². The Morgan fingerprint density at radius 1 is 0.947 bits per heavy atom. The van der Waals surface area contributed by atoms with Gasteiger partial charge in [-0.15, -0.1) is 0 Å². The minimum Gasteiger partial charge on any atom is -0.507 e. The normalized spacial score (nSPS) is 16.6. The van der Waals surface area contributed by atoms with E-state index in [1.165, 1.54) is 13.2 Å². The molecule has 0 saturated carbocycles. The highest BCUT2D eigenvalue weighted by Gasteiger charge is 2.47. The van der Waals surface area contributed by atoms with Crippen molar-refractivity contribution in [2.24, 2.45) is 0 Å². The average Bonchev–Trinajstić information content (AvgIpc) is 3.19. The molecule has 1 amide bonds. The third-order valence-electron chi connectivity index (χ3n) is 6.01. The number of aliphatic hydroxyl groups excluding tert-OH is 1. The van der Waals surface area contributed by atoms with Gasteiger partial charge in [0.1, 0.15) is 11.5 Å². The standard InChI is InChI=1S/C29H27F2NO6/c1-4-13-38-20-8-6-7-18(14-20)27(33)25-26(17-9-12-23(36-3)24(15-17)37-5-2)32(29(35)28(25)34)19-10-11-21(30)22(31)16-19/h6-12,14-16,26,33H,4-5,13H2,1-3H3/b27-25+. The summed E-state index contributed by atoms with van der Waals surface area (Å²) in [6.07, 6.45) is 0.773. The molecule has 1 aliphatic heterocycles. The maximum Gasteiger partial charge on any atom is 0.300 e. The van der Waals surface area contributed by atoms with Crippen molar-refractivity contribution in [2.45, 2.75) is 26.3 Å². The predicted molar refractivity (Wildman–Crippen MR) is 138 cm³/mol. The quantitative estimate of drug-likeness (QED) is 0.217. The highest BCUT2D eigenvalue weighted by atomic mass is 19.2. The summed E-state index contributed by atoms with van der Waals surface area (Å²) in [5.41, 5.74) is 0.368. The second-order valence-corrected chi connectivity index (χ2v) is 8.49. The Kier molecular flexibility index (Phi) is 7.95. The molecule has 3 aromatic carbocycles. The van der Waals surface area contributed by atoms with E-state index in [0.29, 0.717) is 36.0 Å². The zero-order chi connectivity index (χ0) is 27.4. The molecular weight excluding hydrogens is 496 g/mol. The van der Waals surface area contributed by atoms with Gasteiger partial charge in [-0.05, 0) is 55.3 Å². The van der Waals surface area contributed by atoms with E-state index in [4.69, 9.17) is 14.2 Å². The second-order valence-electron chi connectivity index (χ2n) is 8.49. The molecule has 0 aliphatic carbocycles. The van der Waals surface area contributed by atoms with Gasteiger partial charge in [0.25, 0.3) is 11.7 Å². The van der Waals surface area contributed by atoms with Crippen molar-refractivity contribution in [2.75, 3.05) is 25.2 Å². The molecule has 4 rings (SSSR count). The van der Waals surface area contributed by atoms with Gasteiger partial charge >= 0.3 is 0 Å². The lowest BCUT2D eigenvalue weighted by atomic mass is 9.94. The fourth-order valence-corrected chi connectivity index (χ4v) is 4.29. The number of halogens is 2. The van der Waals surface area contributed by atoms with Crippen LogP contribution in [0.1, 0.15) is 37.4 Å². The summed E-state index contributed by atoms with van der Waals surface area (Å²) in [4.78, 5) is 27.7. The van der Waals surface area contributed by atoms with Crippen LogP contribution in [-0.2, 0) is 9.59 Å². The van der Waals surface area contributed by atoms with E-state index < -0.39 is 35.1 Å². The van der Waals surface area contributed by atoms with E-state index in [0.717, 1.165) is 23.5 Å². The number of amides is 1. The molecule has 198 valence electrons. The lowest BCUT2D eigenvalue weighted by Gasteiger charge is -2.26. The zero-order valence-electron chi connectivity index (χ0n) is 21.2. The van der Waals surface area contributed by atoms with Crippen LogP contribution >= 0.6 is 0 Å². The van der Waals surface area contributed by atoms with Crippen LogP contribution in [0.2, 0.25) is 0 Å². The van der Waals surface area contributed by atoms with Gasteiger partial charge in [-0.1, -0.05) is 25.1 Å². The zero-order valence-corrected chi connectivity index (χ0v) is 21.2. The number of benzene rings is 3. The van der Waals surface area contributed by atoms with Gasteiger partial charge in [-0.3, -0.25) is 14.5 Å². The Labute approximate surface area is 218 Å². The molecule has 1 heterocycles. The molecule has 0 aromatic heterocycles. The summed E-state index contributed by atoms with van der Waals surface area (Å²) in [6, 6.07) is 13.0. The fourth-order valence-electron chi connectivity index (χ4n) is 4.29. The SMILES string of the molecule is CCCOc1cccc(/C(O)=C2\C(=O)C(=O)N(c3ccc(F)c(F)c3)C2c2ccc(OC)c(OCC)c2)c1. The number of hydrogen-bond acceptors (Lipinski definition) is 6. The predicted octanol–water partition coefficient (Wildman–Crippen LogP) is 5.79. The minimum atomic E-state index is -1.19. The van der Waals surface area contributed by atoms with Crippen LogP contribution in [0.25, 0.3) is 5.76 Å². The van der Waals surface area contributed by atoms with Crippen molar-refractivity contribution in [1.82, 2.24) is 0 Å². The Morgan fingerprint density at radius 2 is 1.74 bits per heavy atom. The maximum absolute atomic E-state index is 14.2. The van der Waals surface area contributed by atoms with Crippen molar-refractivity contribution >= 4 is 23.1 Å². The van der Waals surface area contributed by atoms with Crippen molar-refractivity contribution < 1.29 is 37.7 Å². The van der Waals surface area contributed by atoms with Crippen molar-refractivity contribution in [3.05, 3.63) is 89.0 Å². The van der Waals surface area contributed by atoms with E-state index in [-0.39, 0.29) is 16.8 Å². The first-order valence-electron chi connectivity index (χ1n) is 12.1. The number of methoxy groups -OCH3 is 1. The van der Waals surface area contributed by atoms with Crippen LogP contribution < -0.4 is 19.1 Å². The lowest BCUT2D eigenvalue weighted by Crippen LogP contribution is -2.29. The van der Waals surface area contributed by atoms with E-state index in [1.54, 1.807) is 49.4 Å². The summed E-state index contributed by atoms with van der Waals surface area (Å²) in [5, 5.41) is 11.4. The van der Waals surface area contributed by atoms with Crippen LogP contribution in [0.4, 0.5) is 14.5 Å². The highest BCUT2D eigenvalue weighted by Crippen LogP contribution is 2.44. The van der Waals surface area contributed by atoms with Crippen molar-refractivity contribution in [3.8, 4) is 17.2 Å². The number of carbonyl (C=O) groups is 2. The number of ketones is 1. The van der Waals surface area contributed by atoms with Gasteiger partial charge in [0.2, 0.25) is 0 Å². The molecule has 38 heavy (non-hydrogen) atoms. The number of hydrogen-bond donors (Lipinski definition) is 1. The molecule has 0 spiro atoms. The molecule has 7 nitrogen and oxygen atoms in total. The van der Waals surface area contributed by atoms with Crippen LogP contribution in [-0.4, -0.2) is 37.1 Å². The number of nitrogens with zero attached hydrogens (tertiary/aromatic N) is 1. The molecule has 0 bridgehead atoms. The Morgan fingerprint density at radius 3 is 2.42 bits per heavy atom. The van der Waals surface area contributed by atoms with Gasteiger partial charge in [-0.2, -0.15) is 0 Å². The summed E-state index contributed by atoms with van der Waals surface area (Å²) in [7, 11) is 1.47. The first kappa shape index (κ1) is 26.7. The van der Waals surface area contributed by atoms with Gasteiger partial charge in [0.15, 0.2) is 23.1 Å². The van der Waals surface area contributed by atoms with Crippen LogP contribution in [0.3, 0.4) is 0 Å². The van der Waals surface area contributed by atoms with Crippen molar-refractivity contribution in [3.63, 3.8) is 0 Å². The Bertz CT molecular complexity index is 1400. The van der Waals surface area contributed by atoms with E-state index >= 15 is 0 Å². The molecule has 1 unspecified atom stereocenters. The summed E-state index contributed by atoms with van der Waals surface area (Å²) in [5.74, 6) is -3.47. The minimum absolute atomic E-state index is 0.0520. The van der Waals surface area contributed by atoms with E-state index in [1.807, 2.05) is 6.92 Å². The summed E-state index contributed by atoms with van der Waals surface area (Å²) < 4.78 is 44.6. The van der Waals surface area contributed by atoms with E-state index in [2.05, 4.69) is 0 Å². The van der Waals surface area contributed by atoms with Crippen LogP contribution in [0.5, 0.6) is 17.2 Å². The van der Waals surface area contributed by atoms with Gasteiger partial charge < -0.3 is 19.3 Å². The Balaban J connectivity index is 1.93. The van der Waals surface area contributed by atoms with Crippen LogP contribution in [0.15, 0.2) is 66.2 Å². The maximum atomic E-state index is 14.2. The summed E-state index contributed by atoms with van der Waals surface area (Å²) >= 11 is 0. The molecule has 0 radical (unpaired) electrons. The summed E-state index contributed by atoms with van der Waals surface area (Å²) in [6.45, 7) is 4.51. The molecule has 1 saturated heterocycles. The highest BCUT2D eigenvalue weighted by molar-refractivity contribution is 6.51. The molecular formula is C29H27F2NO6.